The van der Waals surface area contributed by atoms with E-state index in [1.807, 2.05) is 0 Å². The topological polar surface area (TPSA) is 102 Å². The van der Waals surface area contributed by atoms with E-state index in [9.17, 15) is 17.6 Å². The lowest BCUT2D eigenvalue weighted by atomic mass is 10.1. The fourth-order valence-corrected chi connectivity index (χ4v) is 3.27. The molecule has 2 unspecified atom stereocenters. The zero-order chi connectivity index (χ0) is 15.6. The minimum absolute atomic E-state index is 0.0468. The molecule has 0 radical (unpaired) electrons. The maximum absolute atomic E-state index is 13.6. The summed E-state index contributed by atoms with van der Waals surface area (Å²) in [6.07, 6.45) is 0. The highest BCUT2D eigenvalue weighted by atomic mass is 32.2. The van der Waals surface area contributed by atoms with Gasteiger partial charge in [-0.05, 0) is 18.2 Å². The van der Waals surface area contributed by atoms with Crippen LogP contribution in [0.5, 0.6) is 5.75 Å². The summed E-state index contributed by atoms with van der Waals surface area (Å²) in [5.41, 5.74) is 0. The highest BCUT2D eigenvalue weighted by Crippen LogP contribution is 2.22. The van der Waals surface area contributed by atoms with Crippen molar-refractivity contribution in [3.05, 3.63) is 24.0 Å². The van der Waals surface area contributed by atoms with Gasteiger partial charge in [0.25, 0.3) is 0 Å². The third kappa shape index (κ3) is 3.31. The molecule has 2 rings (SSSR count). The molecule has 1 aromatic rings. The molecule has 0 amide bonds. The van der Waals surface area contributed by atoms with Crippen LogP contribution in [0.1, 0.15) is 0 Å². The van der Waals surface area contributed by atoms with Gasteiger partial charge in [-0.3, -0.25) is 4.79 Å². The highest BCUT2D eigenvalue weighted by molar-refractivity contribution is 7.89. The van der Waals surface area contributed by atoms with Gasteiger partial charge in [-0.2, -0.15) is 0 Å². The fourth-order valence-electron chi connectivity index (χ4n) is 2.00. The van der Waals surface area contributed by atoms with Crippen molar-refractivity contribution in [3.63, 3.8) is 0 Å². The van der Waals surface area contributed by atoms with E-state index in [1.54, 1.807) is 0 Å². The number of carboxylic acids is 1. The first kappa shape index (κ1) is 15.7. The van der Waals surface area contributed by atoms with Gasteiger partial charge in [0, 0.05) is 0 Å². The molecule has 21 heavy (non-hydrogen) atoms. The monoisotopic (exact) mass is 319 g/mol. The molecule has 2 N–H and O–H groups in total. The van der Waals surface area contributed by atoms with Crippen LogP contribution in [0, 0.1) is 11.7 Å². The summed E-state index contributed by atoms with van der Waals surface area (Å²) in [4.78, 5) is 10.7. The van der Waals surface area contributed by atoms with Crippen molar-refractivity contribution >= 4 is 16.0 Å². The van der Waals surface area contributed by atoms with E-state index in [-0.39, 0.29) is 23.9 Å². The average molecular weight is 319 g/mol. The number of sulfonamides is 1. The first-order valence-electron chi connectivity index (χ1n) is 6.01. The van der Waals surface area contributed by atoms with Gasteiger partial charge in [0.2, 0.25) is 10.0 Å². The number of nitrogens with one attached hydrogen (secondary N) is 1. The predicted molar refractivity (Wildman–Crippen MR) is 69.0 cm³/mol. The Kier molecular flexibility index (Phi) is 4.45. The van der Waals surface area contributed by atoms with Gasteiger partial charge in [0.1, 0.15) is 0 Å². The molecule has 116 valence electrons. The summed E-state index contributed by atoms with van der Waals surface area (Å²) in [6.45, 7) is -0.117. The van der Waals surface area contributed by atoms with Crippen LogP contribution in [0.2, 0.25) is 0 Å². The van der Waals surface area contributed by atoms with Crippen LogP contribution < -0.4 is 9.46 Å². The van der Waals surface area contributed by atoms with Crippen LogP contribution in [0.15, 0.2) is 23.1 Å². The minimum Gasteiger partial charge on any atom is -0.494 e. The minimum atomic E-state index is -4.05. The Labute approximate surface area is 120 Å². The number of halogens is 1. The maximum Gasteiger partial charge on any atom is 0.310 e. The Balaban J connectivity index is 2.22. The third-order valence-electron chi connectivity index (χ3n) is 3.14. The van der Waals surface area contributed by atoms with E-state index in [2.05, 4.69) is 4.72 Å². The van der Waals surface area contributed by atoms with E-state index in [0.717, 1.165) is 6.07 Å². The molecular formula is C12H14FNO6S. The van der Waals surface area contributed by atoms with E-state index in [4.69, 9.17) is 14.6 Å². The Morgan fingerprint density at radius 1 is 1.48 bits per heavy atom. The number of carboxylic acid groups (broad SMARTS) is 1. The lowest BCUT2D eigenvalue weighted by molar-refractivity contribution is -0.142. The standard InChI is InChI=1S/C12H14FNO6S/c1-19-11-3-2-7(4-9(11)13)21(17,18)14-10-6-20-5-8(10)12(15)16/h2-4,8,10,14H,5-6H2,1H3,(H,15,16). The Hall–Kier alpha value is -1.71. The van der Waals surface area contributed by atoms with Crippen LogP contribution in [-0.2, 0) is 19.6 Å². The lowest BCUT2D eigenvalue weighted by Crippen LogP contribution is -2.42. The molecule has 0 aliphatic carbocycles. The molecule has 1 aliphatic heterocycles. The lowest BCUT2D eigenvalue weighted by Gasteiger charge is -2.16. The van der Waals surface area contributed by atoms with Gasteiger partial charge in [-0.15, -0.1) is 0 Å². The van der Waals surface area contributed by atoms with E-state index in [0.29, 0.717) is 0 Å². The zero-order valence-corrected chi connectivity index (χ0v) is 11.9. The van der Waals surface area contributed by atoms with Gasteiger partial charge in [-0.25, -0.2) is 17.5 Å². The Morgan fingerprint density at radius 2 is 2.19 bits per heavy atom. The van der Waals surface area contributed by atoms with E-state index >= 15 is 0 Å². The molecule has 0 saturated carbocycles. The van der Waals surface area contributed by atoms with Gasteiger partial charge in [0.05, 0.1) is 37.2 Å². The molecule has 1 heterocycles. The Morgan fingerprint density at radius 3 is 2.76 bits per heavy atom. The second kappa shape index (κ2) is 5.96. The first-order valence-corrected chi connectivity index (χ1v) is 7.50. The van der Waals surface area contributed by atoms with Crippen molar-refractivity contribution in [2.45, 2.75) is 10.9 Å². The molecule has 0 spiro atoms. The predicted octanol–water partition coefficient (Wildman–Crippen LogP) is 0.212. The fraction of sp³-hybridized carbons (Fsp3) is 0.417. The number of benzene rings is 1. The Bertz CT molecular complexity index is 647. The number of hydrogen-bond acceptors (Lipinski definition) is 5. The summed E-state index contributed by atoms with van der Waals surface area (Å²) >= 11 is 0. The van der Waals surface area contributed by atoms with E-state index < -0.39 is 33.8 Å². The molecule has 1 aromatic carbocycles. The molecule has 0 aromatic heterocycles. The third-order valence-corrected chi connectivity index (χ3v) is 4.63. The van der Waals surface area contributed by atoms with Gasteiger partial charge < -0.3 is 14.6 Å². The largest absolute Gasteiger partial charge is 0.494 e. The SMILES string of the molecule is COc1ccc(S(=O)(=O)NC2COCC2C(=O)O)cc1F. The van der Waals surface area contributed by atoms with Crippen molar-refractivity contribution in [3.8, 4) is 5.75 Å². The number of rotatable bonds is 5. The molecular weight excluding hydrogens is 305 g/mol. The number of methoxy groups -OCH3 is 1. The van der Waals surface area contributed by atoms with Crippen molar-refractivity contribution < 1.29 is 32.2 Å². The quantitative estimate of drug-likeness (QED) is 0.804. The molecule has 9 heteroatoms. The summed E-state index contributed by atoms with van der Waals surface area (Å²) in [6, 6.07) is 2.28. The molecule has 2 atom stereocenters. The first-order chi connectivity index (χ1) is 9.85. The van der Waals surface area contributed by atoms with Gasteiger partial charge in [0.15, 0.2) is 11.6 Å². The van der Waals surface area contributed by atoms with Crippen molar-refractivity contribution in [1.82, 2.24) is 4.72 Å². The average Bonchev–Trinajstić information content (AvgIpc) is 2.86. The second-order valence-electron chi connectivity index (χ2n) is 4.51. The molecule has 1 aliphatic rings. The molecule has 7 nitrogen and oxygen atoms in total. The number of carbonyl (C=O) groups is 1. The van der Waals surface area contributed by atoms with Crippen LogP contribution in [0.25, 0.3) is 0 Å². The van der Waals surface area contributed by atoms with E-state index in [1.165, 1.54) is 19.2 Å². The molecule has 0 bridgehead atoms. The summed E-state index contributed by atoms with van der Waals surface area (Å²) in [5.74, 6) is -3.02. The van der Waals surface area contributed by atoms with Crippen LogP contribution in [-0.4, -0.2) is 45.9 Å². The number of aliphatic carboxylic acids is 1. The van der Waals surface area contributed by atoms with Crippen LogP contribution in [0.3, 0.4) is 0 Å². The van der Waals surface area contributed by atoms with Crippen LogP contribution in [0.4, 0.5) is 4.39 Å². The van der Waals surface area contributed by atoms with Crippen LogP contribution >= 0.6 is 0 Å². The summed E-state index contributed by atoms with van der Waals surface area (Å²) in [5, 5.41) is 8.97. The molecule has 1 saturated heterocycles. The van der Waals surface area contributed by atoms with Gasteiger partial charge in [-0.1, -0.05) is 0 Å². The maximum atomic E-state index is 13.6. The summed E-state index contributed by atoms with van der Waals surface area (Å²) in [7, 11) is -2.78. The van der Waals surface area contributed by atoms with Crippen molar-refractivity contribution in [2.75, 3.05) is 20.3 Å². The van der Waals surface area contributed by atoms with Crippen molar-refractivity contribution in [1.29, 1.82) is 0 Å². The van der Waals surface area contributed by atoms with Crippen molar-refractivity contribution in [2.24, 2.45) is 5.92 Å². The van der Waals surface area contributed by atoms with Gasteiger partial charge >= 0.3 is 5.97 Å². The number of hydrogen-bond donors (Lipinski definition) is 2. The molecule has 1 fully saturated rings. The normalized spacial score (nSPS) is 22.2. The highest BCUT2D eigenvalue weighted by Gasteiger charge is 2.37. The number of ether oxygens (including phenoxy) is 2. The zero-order valence-electron chi connectivity index (χ0n) is 11.1. The smallest absolute Gasteiger partial charge is 0.310 e. The summed E-state index contributed by atoms with van der Waals surface area (Å²) < 4.78 is 49.7. The second-order valence-corrected chi connectivity index (χ2v) is 6.22.